The summed E-state index contributed by atoms with van der Waals surface area (Å²) in [6, 6.07) is 11.9. The van der Waals surface area contributed by atoms with Gasteiger partial charge in [-0.3, -0.25) is 0 Å². The van der Waals surface area contributed by atoms with Crippen molar-refractivity contribution < 1.29 is 22.6 Å². The predicted molar refractivity (Wildman–Crippen MR) is 106 cm³/mol. The summed E-state index contributed by atoms with van der Waals surface area (Å²) in [5.41, 5.74) is 5.17. The minimum atomic E-state index is -4.71. The predicted octanol–water partition coefficient (Wildman–Crippen LogP) is 4.77. The number of benzene rings is 2. The molecule has 29 heavy (non-hydrogen) atoms. The second-order valence-corrected chi connectivity index (χ2v) is 7.15. The van der Waals surface area contributed by atoms with Crippen LogP contribution in [-0.4, -0.2) is 31.0 Å². The first-order valence-corrected chi connectivity index (χ1v) is 9.80. The van der Waals surface area contributed by atoms with Crippen LogP contribution in [0.2, 0.25) is 0 Å². The fourth-order valence-electron chi connectivity index (χ4n) is 3.91. The number of hydrogen-bond acceptors (Lipinski definition) is 3. The van der Waals surface area contributed by atoms with Crippen LogP contribution in [0.4, 0.5) is 13.2 Å². The molecule has 0 unspecified atom stereocenters. The molecule has 7 heteroatoms. The Morgan fingerprint density at radius 2 is 1.76 bits per heavy atom. The summed E-state index contributed by atoms with van der Waals surface area (Å²) in [6.07, 6.45) is -1.09. The highest BCUT2D eigenvalue weighted by atomic mass is 19.4. The van der Waals surface area contributed by atoms with E-state index in [1.54, 1.807) is 6.07 Å². The van der Waals surface area contributed by atoms with Crippen LogP contribution in [0.3, 0.4) is 0 Å². The molecule has 1 aliphatic heterocycles. The van der Waals surface area contributed by atoms with Crippen molar-refractivity contribution in [3.63, 3.8) is 0 Å². The molecule has 2 heterocycles. The lowest BCUT2D eigenvalue weighted by molar-refractivity contribution is -0.274. The molecular weight excluding hydrogens is 381 g/mol. The van der Waals surface area contributed by atoms with Crippen LogP contribution in [0.15, 0.2) is 42.5 Å². The third kappa shape index (κ3) is 4.85. The first-order valence-electron chi connectivity index (χ1n) is 9.80. The van der Waals surface area contributed by atoms with Crippen molar-refractivity contribution in [3.8, 4) is 11.5 Å². The Balaban J connectivity index is 1.40. The topological polar surface area (TPSA) is 46.3 Å². The first kappa shape index (κ1) is 19.6. The molecule has 0 spiro atoms. The van der Waals surface area contributed by atoms with E-state index in [-0.39, 0.29) is 5.75 Å². The summed E-state index contributed by atoms with van der Waals surface area (Å²) in [6.45, 7) is 2.38. The van der Waals surface area contributed by atoms with Gasteiger partial charge in [0.05, 0.1) is 6.61 Å². The lowest BCUT2D eigenvalue weighted by atomic mass is 9.99. The summed E-state index contributed by atoms with van der Waals surface area (Å²) < 4.78 is 46.6. The maximum atomic E-state index is 12.3. The average molecular weight is 404 g/mol. The highest BCUT2D eigenvalue weighted by Crippen LogP contribution is 2.29. The Bertz CT molecular complexity index is 982. The maximum Gasteiger partial charge on any atom is 0.573 e. The molecular formula is C22H23F3N2O2. The van der Waals surface area contributed by atoms with Crippen LogP contribution < -0.4 is 14.8 Å². The summed E-state index contributed by atoms with van der Waals surface area (Å²) in [5.74, 6) is 0.0925. The third-order valence-corrected chi connectivity index (χ3v) is 5.10. The standard InChI is InChI=1S/C22H23F3N2O2/c23-22(24,25)29-17-7-2-6-16(14-17)28-13-3-5-15-4-1-8-20-21(15)18-9-11-26-12-10-19(18)27-20/h1-2,4,6-8,14,26-27H,3,5,9-13H2. The van der Waals surface area contributed by atoms with Crippen molar-refractivity contribution in [2.45, 2.75) is 32.0 Å². The van der Waals surface area contributed by atoms with Crippen LogP contribution in [0.5, 0.6) is 11.5 Å². The van der Waals surface area contributed by atoms with E-state index >= 15 is 0 Å². The van der Waals surface area contributed by atoms with E-state index in [0.29, 0.717) is 12.4 Å². The van der Waals surface area contributed by atoms with Crippen molar-refractivity contribution in [3.05, 3.63) is 59.3 Å². The quantitative estimate of drug-likeness (QED) is 0.582. The second-order valence-electron chi connectivity index (χ2n) is 7.15. The zero-order valence-corrected chi connectivity index (χ0v) is 15.9. The van der Waals surface area contributed by atoms with Gasteiger partial charge >= 0.3 is 6.36 Å². The maximum absolute atomic E-state index is 12.3. The molecule has 2 aromatic carbocycles. The second kappa shape index (κ2) is 8.37. The van der Waals surface area contributed by atoms with Crippen molar-refractivity contribution in [1.29, 1.82) is 0 Å². The van der Waals surface area contributed by atoms with Crippen LogP contribution in [-0.2, 0) is 19.3 Å². The van der Waals surface area contributed by atoms with Crippen LogP contribution in [0.25, 0.3) is 10.9 Å². The third-order valence-electron chi connectivity index (χ3n) is 5.10. The largest absolute Gasteiger partial charge is 0.573 e. The van der Waals surface area contributed by atoms with Gasteiger partial charge in [-0.15, -0.1) is 13.2 Å². The van der Waals surface area contributed by atoms with Crippen LogP contribution >= 0.6 is 0 Å². The van der Waals surface area contributed by atoms with E-state index in [0.717, 1.165) is 38.8 Å². The van der Waals surface area contributed by atoms with Gasteiger partial charge in [0.25, 0.3) is 0 Å². The van der Waals surface area contributed by atoms with E-state index in [1.807, 2.05) is 0 Å². The number of ether oxygens (including phenoxy) is 2. The molecule has 154 valence electrons. The smallest absolute Gasteiger partial charge is 0.493 e. The fourth-order valence-corrected chi connectivity index (χ4v) is 3.91. The highest BCUT2D eigenvalue weighted by molar-refractivity contribution is 5.88. The van der Waals surface area contributed by atoms with Gasteiger partial charge in [0, 0.05) is 35.6 Å². The molecule has 0 fully saturated rings. The number of hydrogen-bond donors (Lipinski definition) is 2. The van der Waals surface area contributed by atoms with E-state index in [2.05, 4.69) is 33.2 Å². The minimum Gasteiger partial charge on any atom is -0.493 e. The molecule has 1 aromatic heterocycles. The molecule has 1 aliphatic rings. The highest BCUT2D eigenvalue weighted by Gasteiger charge is 2.31. The number of alkyl halides is 3. The molecule has 3 aromatic rings. The molecule has 0 aliphatic carbocycles. The van der Waals surface area contributed by atoms with Gasteiger partial charge in [0.1, 0.15) is 11.5 Å². The Hall–Kier alpha value is -2.67. The summed E-state index contributed by atoms with van der Waals surface area (Å²) >= 11 is 0. The SMILES string of the molecule is FC(F)(F)Oc1cccc(OCCCc2cccc3[nH]c4c(c23)CCNCC4)c1. The van der Waals surface area contributed by atoms with Gasteiger partial charge in [-0.25, -0.2) is 0 Å². The lowest BCUT2D eigenvalue weighted by Gasteiger charge is -2.11. The molecule has 0 bridgehead atoms. The molecule has 0 saturated heterocycles. The number of fused-ring (bicyclic) bond motifs is 3. The summed E-state index contributed by atoms with van der Waals surface area (Å²) in [4.78, 5) is 3.56. The number of aromatic amines is 1. The first-order chi connectivity index (χ1) is 14.0. The van der Waals surface area contributed by atoms with E-state index in [1.165, 1.54) is 45.9 Å². The number of H-pyrrole nitrogens is 1. The van der Waals surface area contributed by atoms with Gasteiger partial charge in [0.15, 0.2) is 0 Å². The Morgan fingerprint density at radius 1 is 0.966 bits per heavy atom. The fraction of sp³-hybridized carbons (Fsp3) is 0.364. The molecule has 0 radical (unpaired) electrons. The molecule has 0 saturated carbocycles. The van der Waals surface area contributed by atoms with Gasteiger partial charge in [0.2, 0.25) is 0 Å². The van der Waals surface area contributed by atoms with Crippen molar-refractivity contribution in [1.82, 2.24) is 10.3 Å². The lowest BCUT2D eigenvalue weighted by Crippen LogP contribution is -2.17. The molecule has 2 N–H and O–H groups in total. The van der Waals surface area contributed by atoms with E-state index in [4.69, 9.17) is 4.74 Å². The van der Waals surface area contributed by atoms with Gasteiger partial charge in [-0.05, 0) is 55.1 Å². The van der Waals surface area contributed by atoms with Crippen LogP contribution in [0, 0.1) is 0 Å². The normalized spacial score (nSPS) is 14.4. The number of rotatable bonds is 6. The average Bonchev–Trinajstić information content (AvgIpc) is 2.86. The van der Waals surface area contributed by atoms with Gasteiger partial charge in [-0.1, -0.05) is 18.2 Å². The monoisotopic (exact) mass is 404 g/mol. The summed E-state index contributed by atoms with van der Waals surface area (Å²) in [7, 11) is 0. The molecule has 0 amide bonds. The number of halogens is 3. The molecule has 4 nitrogen and oxygen atoms in total. The summed E-state index contributed by atoms with van der Waals surface area (Å²) in [5, 5.41) is 4.74. The zero-order valence-electron chi connectivity index (χ0n) is 15.9. The van der Waals surface area contributed by atoms with Gasteiger partial charge in [-0.2, -0.15) is 0 Å². The van der Waals surface area contributed by atoms with E-state index < -0.39 is 6.36 Å². The Kier molecular flexibility index (Phi) is 5.67. The number of nitrogens with one attached hydrogen (secondary N) is 2. The zero-order chi connectivity index (χ0) is 20.3. The Labute approximate surface area is 167 Å². The number of aromatic nitrogens is 1. The molecule has 0 atom stereocenters. The number of aryl methyl sites for hydroxylation is 1. The molecule has 4 rings (SSSR count). The minimum absolute atomic E-state index is 0.275. The van der Waals surface area contributed by atoms with Crippen molar-refractivity contribution in [2.24, 2.45) is 0 Å². The Morgan fingerprint density at radius 3 is 2.62 bits per heavy atom. The van der Waals surface area contributed by atoms with Crippen LogP contribution in [0.1, 0.15) is 23.2 Å². The van der Waals surface area contributed by atoms with E-state index in [9.17, 15) is 13.2 Å². The van der Waals surface area contributed by atoms with Gasteiger partial charge < -0.3 is 19.8 Å². The van der Waals surface area contributed by atoms with Crippen molar-refractivity contribution >= 4 is 10.9 Å². The van der Waals surface area contributed by atoms with Crippen molar-refractivity contribution in [2.75, 3.05) is 19.7 Å².